The third-order valence-electron chi connectivity index (χ3n) is 3.88. The Morgan fingerprint density at radius 2 is 1.73 bits per heavy atom. The predicted octanol–water partition coefficient (Wildman–Crippen LogP) is 5.79. The highest BCUT2D eigenvalue weighted by molar-refractivity contribution is 6.32. The van der Waals surface area contributed by atoms with Crippen LogP contribution in [-0.4, -0.2) is 24.2 Å². The molecule has 0 saturated carbocycles. The second-order valence-electron chi connectivity index (χ2n) is 5.94. The van der Waals surface area contributed by atoms with Crippen molar-refractivity contribution in [3.05, 3.63) is 59.0 Å². The molecule has 0 atom stereocenters. The van der Waals surface area contributed by atoms with Gasteiger partial charge in [0.15, 0.2) is 11.6 Å². The standard InChI is InChI=1S/C19H15ClF4N4O2/c1-29-13-6-10(19(22,23)24)5-12(7-13)27-18-25-9-15(21)17(28-18)26-11-3-4-16(30-2)14(20)8-11/h3-9H,1-2H3,(H2,25,26,27,28). The van der Waals surface area contributed by atoms with Crippen LogP contribution in [0.25, 0.3) is 0 Å². The molecule has 0 bridgehead atoms. The number of aromatic nitrogens is 2. The summed E-state index contributed by atoms with van der Waals surface area (Å²) in [6, 6.07) is 7.74. The first-order valence-corrected chi connectivity index (χ1v) is 8.74. The van der Waals surface area contributed by atoms with Crippen molar-refractivity contribution in [3.8, 4) is 11.5 Å². The van der Waals surface area contributed by atoms with Crippen LogP contribution in [0.5, 0.6) is 11.5 Å². The lowest BCUT2D eigenvalue weighted by atomic mass is 10.2. The summed E-state index contributed by atoms with van der Waals surface area (Å²) in [4.78, 5) is 7.74. The highest BCUT2D eigenvalue weighted by atomic mass is 35.5. The molecule has 6 nitrogen and oxygen atoms in total. The zero-order valence-electron chi connectivity index (χ0n) is 15.6. The van der Waals surface area contributed by atoms with Crippen molar-refractivity contribution in [1.29, 1.82) is 0 Å². The van der Waals surface area contributed by atoms with Crippen molar-refractivity contribution in [2.75, 3.05) is 24.9 Å². The normalized spacial score (nSPS) is 11.2. The summed E-state index contributed by atoms with van der Waals surface area (Å²) in [5.41, 5.74) is -0.477. The van der Waals surface area contributed by atoms with Gasteiger partial charge in [-0.3, -0.25) is 0 Å². The molecule has 0 saturated heterocycles. The average molecular weight is 443 g/mol. The number of halogens is 5. The molecule has 2 aromatic carbocycles. The quantitative estimate of drug-likeness (QED) is 0.471. The van der Waals surface area contributed by atoms with Crippen LogP contribution < -0.4 is 20.1 Å². The molecule has 0 fully saturated rings. The number of benzene rings is 2. The van der Waals surface area contributed by atoms with Crippen LogP contribution in [-0.2, 0) is 6.18 Å². The number of methoxy groups -OCH3 is 2. The van der Waals surface area contributed by atoms with Gasteiger partial charge in [-0.1, -0.05) is 11.6 Å². The molecule has 0 unspecified atom stereocenters. The zero-order valence-corrected chi connectivity index (χ0v) is 16.4. The molecule has 30 heavy (non-hydrogen) atoms. The molecule has 0 aliphatic rings. The van der Waals surface area contributed by atoms with Crippen molar-refractivity contribution in [3.63, 3.8) is 0 Å². The first-order valence-electron chi connectivity index (χ1n) is 8.36. The van der Waals surface area contributed by atoms with Crippen LogP contribution in [0.3, 0.4) is 0 Å². The third kappa shape index (κ3) is 5.01. The van der Waals surface area contributed by atoms with Crippen molar-refractivity contribution >= 4 is 34.7 Å². The van der Waals surface area contributed by atoms with Crippen LogP contribution in [0.1, 0.15) is 5.56 Å². The number of alkyl halides is 3. The first kappa shape index (κ1) is 21.4. The summed E-state index contributed by atoms with van der Waals surface area (Å²) >= 11 is 6.05. The van der Waals surface area contributed by atoms with Gasteiger partial charge in [0.1, 0.15) is 11.5 Å². The summed E-state index contributed by atoms with van der Waals surface area (Å²) < 4.78 is 63.3. The van der Waals surface area contributed by atoms with E-state index in [4.69, 9.17) is 21.1 Å². The molecule has 2 N–H and O–H groups in total. The van der Waals surface area contributed by atoms with Crippen molar-refractivity contribution in [2.24, 2.45) is 0 Å². The number of hydrogen-bond donors (Lipinski definition) is 2. The van der Waals surface area contributed by atoms with E-state index in [2.05, 4.69) is 20.6 Å². The Labute approximate surface area is 173 Å². The van der Waals surface area contributed by atoms with E-state index in [0.717, 1.165) is 18.3 Å². The molecular weight excluding hydrogens is 428 g/mol. The molecule has 0 amide bonds. The molecular formula is C19H15ClF4N4O2. The lowest BCUT2D eigenvalue weighted by Gasteiger charge is -2.13. The maximum atomic E-state index is 14.1. The van der Waals surface area contributed by atoms with E-state index in [1.54, 1.807) is 12.1 Å². The lowest BCUT2D eigenvalue weighted by Crippen LogP contribution is -2.07. The summed E-state index contributed by atoms with van der Waals surface area (Å²) in [7, 11) is 2.70. The van der Waals surface area contributed by atoms with E-state index >= 15 is 0 Å². The van der Waals surface area contributed by atoms with Crippen molar-refractivity contribution in [2.45, 2.75) is 6.18 Å². The summed E-state index contributed by atoms with van der Waals surface area (Å²) in [6.07, 6.45) is -3.69. The van der Waals surface area contributed by atoms with Gasteiger partial charge < -0.3 is 20.1 Å². The smallest absolute Gasteiger partial charge is 0.416 e. The Morgan fingerprint density at radius 1 is 0.967 bits per heavy atom. The van der Waals surface area contributed by atoms with Crippen LogP contribution in [0.15, 0.2) is 42.6 Å². The summed E-state index contributed by atoms with van der Waals surface area (Å²) in [5.74, 6) is -0.673. The van der Waals surface area contributed by atoms with Gasteiger partial charge >= 0.3 is 6.18 Å². The molecule has 0 spiro atoms. The van der Waals surface area contributed by atoms with E-state index in [1.807, 2.05) is 0 Å². The molecule has 158 valence electrons. The monoisotopic (exact) mass is 442 g/mol. The van der Waals surface area contributed by atoms with Crippen molar-refractivity contribution < 1.29 is 27.0 Å². The van der Waals surface area contributed by atoms with Crippen LogP contribution in [0, 0.1) is 5.82 Å². The predicted molar refractivity (Wildman–Crippen MR) is 105 cm³/mol. The van der Waals surface area contributed by atoms with Gasteiger partial charge in [-0.25, -0.2) is 9.37 Å². The Bertz CT molecular complexity index is 1060. The van der Waals surface area contributed by atoms with E-state index in [0.29, 0.717) is 16.5 Å². The summed E-state index contributed by atoms with van der Waals surface area (Å²) in [6.45, 7) is 0. The maximum absolute atomic E-state index is 14.1. The second-order valence-corrected chi connectivity index (χ2v) is 6.34. The molecule has 1 heterocycles. The van der Waals surface area contributed by atoms with E-state index in [1.165, 1.54) is 26.4 Å². The van der Waals surface area contributed by atoms with Gasteiger partial charge in [0, 0.05) is 17.4 Å². The number of ether oxygens (including phenoxy) is 2. The van der Waals surface area contributed by atoms with Gasteiger partial charge in [-0.15, -0.1) is 0 Å². The largest absolute Gasteiger partial charge is 0.497 e. The fourth-order valence-corrected chi connectivity index (χ4v) is 2.74. The van der Waals surface area contributed by atoms with Crippen LogP contribution in [0.4, 0.5) is 40.7 Å². The van der Waals surface area contributed by atoms with Gasteiger partial charge in [-0.2, -0.15) is 18.2 Å². The van der Waals surface area contributed by atoms with Crippen LogP contribution in [0.2, 0.25) is 5.02 Å². The van der Waals surface area contributed by atoms with Gasteiger partial charge in [0.25, 0.3) is 0 Å². The number of hydrogen-bond acceptors (Lipinski definition) is 6. The summed E-state index contributed by atoms with van der Waals surface area (Å²) in [5, 5.41) is 5.65. The highest BCUT2D eigenvalue weighted by Crippen LogP contribution is 2.35. The third-order valence-corrected chi connectivity index (χ3v) is 4.18. The number of nitrogens with zero attached hydrogens (tertiary/aromatic N) is 2. The topological polar surface area (TPSA) is 68.3 Å². The molecule has 0 radical (unpaired) electrons. The van der Waals surface area contributed by atoms with Crippen LogP contribution >= 0.6 is 11.6 Å². The SMILES string of the molecule is COc1cc(Nc2ncc(F)c(Nc3ccc(OC)c(Cl)c3)n2)cc(C(F)(F)F)c1. The van der Waals surface area contributed by atoms with Gasteiger partial charge in [0.2, 0.25) is 5.95 Å². The molecule has 0 aliphatic heterocycles. The fourth-order valence-electron chi connectivity index (χ4n) is 2.48. The Morgan fingerprint density at radius 3 is 2.37 bits per heavy atom. The number of nitrogens with one attached hydrogen (secondary N) is 2. The minimum absolute atomic E-state index is 0.0133. The Hall–Kier alpha value is -3.27. The zero-order chi connectivity index (χ0) is 21.9. The van der Waals surface area contributed by atoms with Gasteiger partial charge in [0.05, 0.1) is 31.0 Å². The van der Waals surface area contributed by atoms with Crippen molar-refractivity contribution in [1.82, 2.24) is 9.97 Å². The highest BCUT2D eigenvalue weighted by Gasteiger charge is 2.31. The average Bonchev–Trinajstić information content (AvgIpc) is 2.70. The molecule has 11 heteroatoms. The first-order chi connectivity index (χ1) is 14.2. The van der Waals surface area contributed by atoms with E-state index < -0.39 is 17.6 Å². The molecule has 1 aromatic heterocycles. The molecule has 3 aromatic rings. The lowest BCUT2D eigenvalue weighted by molar-refractivity contribution is -0.137. The molecule has 0 aliphatic carbocycles. The maximum Gasteiger partial charge on any atom is 0.416 e. The van der Waals surface area contributed by atoms with E-state index in [-0.39, 0.29) is 23.2 Å². The minimum atomic E-state index is -4.57. The second kappa shape index (κ2) is 8.62. The molecule has 3 rings (SSSR count). The van der Waals surface area contributed by atoms with E-state index in [9.17, 15) is 17.6 Å². The Kier molecular flexibility index (Phi) is 6.16. The minimum Gasteiger partial charge on any atom is -0.497 e. The fraction of sp³-hybridized carbons (Fsp3) is 0.158. The Balaban J connectivity index is 1.88. The van der Waals surface area contributed by atoms with Gasteiger partial charge in [-0.05, 0) is 30.3 Å². The number of anilines is 4. The number of rotatable bonds is 6.